The van der Waals surface area contributed by atoms with Crippen molar-refractivity contribution in [1.29, 1.82) is 0 Å². The van der Waals surface area contributed by atoms with Crippen molar-refractivity contribution in [3.05, 3.63) is 24.3 Å². The maximum Gasteiger partial charge on any atom is 0.249 e. The average Bonchev–Trinajstić information content (AvgIpc) is 3.41. The molecule has 444 valence electrons. The highest BCUT2D eigenvalue weighted by molar-refractivity contribution is 5.80. The zero-order valence-corrected chi connectivity index (χ0v) is 48.8. The van der Waals surface area contributed by atoms with Gasteiger partial charge in [-0.25, -0.2) is 0 Å². The molecule has 1 rings (SSSR count). The number of amides is 1. The Kier molecular flexibility index (Phi) is 50.8. The van der Waals surface area contributed by atoms with Crippen LogP contribution in [0.1, 0.15) is 309 Å². The first-order valence-electron chi connectivity index (χ1n) is 32.2. The molecule has 1 amide bonds. The summed E-state index contributed by atoms with van der Waals surface area (Å²) in [5.41, 5.74) is 0. The van der Waals surface area contributed by atoms with Crippen LogP contribution in [0, 0.1) is 0 Å². The maximum absolute atomic E-state index is 13.2. The van der Waals surface area contributed by atoms with E-state index < -0.39 is 74.2 Å². The monoisotopic (exact) mass is 1070 g/mol. The zero-order valence-electron chi connectivity index (χ0n) is 48.8. The predicted octanol–water partition coefficient (Wildman–Crippen LogP) is 14.5. The Morgan fingerprint density at radius 2 is 0.813 bits per heavy atom. The minimum atomic E-state index is -1.66. The summed E-state index contributed by atoms with van der Waals surface area (Å²) in [4.78, 5) is 13.2. The van der Waals surface area contributed by atoms with Crippen LogP contribution in [0.3, 0.4) is 0 Å². The first-order valence-corrected chi connectivity index (χ1v) is 32.2. The second kappa shape index (κ2) is 53.2. The smallest absolute Gasteiger partial charge is 0.249 e. The van der Waals surface area contributed by atoms with Gasteiger partial charge in [-0.05, 0) is 44.9 Å². The normalized spacial score (nSPS) is 19.8. The summed E-state index contributed by atoms with van der Waals surface area (Å²) in [6.45, 7) is 3.50. The van der Waals surface area contributed by atoms with Gasteiger partial charge in [-0.15, -0.1) is 0 Å². The number of carbonyl (C=O) groups is 1. The van der Waals surface area contributed by atoms with E-state index in [-0.39, 0.29) is 6.42 Å². The van der Waals surface area contributed by atoms with Crippen molar-refractivity contribution in [2.45, 2.75) is 364 Å². The molecule has 0 aliphatic carbocycles. The van der Waals surface area contributed by atoms with Crippen molar-refractivity contribution in [3.63, 3.8) is 0 Å². The SMILES string of the molecule is CCCCCCCCCCC/C=C\C/C=C\CCCCCCCCCCCCCCCCC(O)C(=O)NC(COC1OC(CO)C(O)C(O)C1O)C(O)C(O)CCCCCCCCCCCCCCCCCCCC. The third kappa shape index (κ3) is 41.3. The summed E-state index contributed by atoms with van der Waals surface area (Å²) in [5.74, 6) is -0.692. The van der Waals surface area contributed by atoms with Gasteiger partial charge in [-0.1, -0.05) is 289 Å². The molecule has 11 heteroatoms. The number of carbonyl (C=O) groups excluding carboxylic acids is 1. The Morgan fingerprint density at radius 3 is 1.19 bits per heavy atom. The van der Waals surface area contributed by atoms with E-state index in [0.29, 0.717) is 19.3 Å². The summed E-state index contributed by atoms with van der Waals surface area (Å²) in [6, 6.07) is -1.17. The van der Waals surface area contributed by atoms with Gasteiger partial charge in [-0.3, -0.25) is 4.79 Å². The first kappa shape index (κ1) is 71.6. The summed E-state index contributed by atoms with van der Waals surface area (Å²) < 4.78 is 11.2. The average molecular weight is 1070 g/mol. The molecule has 0 aromatic heterocycles. The van der Waals surface area contributed by atoms with E-state index in [1.807, 2.05) is 0 Å². The molecule has 0 saturated carbocycles. The number of allylic oxidation sites excluding steroid dienone is 4. The minimum absolute atomic E-state index is 0.262. The molecule has 1 saturated heterocycles. The highest BCUT2D eigenvalue weighted by atomic mass is 16.7. The Bertz CT molecular complexity index is 1270. The lowest BCUT2D eigenvalue weighted by molar-refractivity contribution is -0.303. The number of unbranched alkanes of at least 4 members (excludes halogenated alkanes) is 40. The Balaban J connectivity index is 2.22. The molecule has 11 nitrogen and oxygen atoms in total. The third-order valence-corrected chi connectivity index (χ3v) is 15.8. The molecule has 0 aromatic rings. The van der Waals surface area contributed by atoms with E-state index >= 15 is 0 Å². The van der Waals surface area contributed by atoms with Crippen LogP contribution >= 0.6 is 0 Å². The van der Waals surface area contributed by atoms with E-state index in [1.54, 1.807) is 0 Å². The molecule has 8 N–H and O–H groups in total. The second-order valence-corrected chi connectivity index (χ2v) is 22.8. The lowest BCUT2D eigenvalue weighted by atomic mass is 9.98. The van der Waals surface area contributed by atoms with Gasteiger partial charge in [0.15, 0.2) is 6.29 Å². The van der Waals surface area contributed by atoms with E-state index in [2.05, 4.69) is 43.5 Å². The first-order chi connectivity index (χ1) is 36.7. The highest BCUT2D eigenvalue weighted by Gasteiger charge is 2.44. The maximum atomic E-state index is 13.2. The topological polar surface area (TPSA) is 189 Å². The molecule has 0 bridgehead atoms. The van der Waals surface area contributed by atoms with Crippen molar-refractivity contribution in [1.82, 2.24) is 5.32 Å². The van der Waals surface area contributed by atoms with Crippen LogP contribution < -0.4 is 5.32 Å². The van der Waals surface area contributed by atoms with Gasteiger partial charge in [0.05, 0.1) is 25.4 Å². The van der Waals surface area contributed by atoms with Crippen LogP contribution in [0.25, 0.3) is 0 Å². The number of nitrogens with one attached hydrogen (secondary N) is 1. The minimum Gasteiger partial charge on any atom is -0.394 e. The number of rotatable bonds is 56. The van der Waals surface area contributed by atoms with Crippen molar-refractivity contribution in [2.24, 2.45) is 0 Å². The molecule has 9 unspecified atom stereocenters. The van der Waals surface area contributed by atoms with Crippen molar-refractivity contribution < 1.29 is 50.0 Å². The van der Waals surface area contributed by atoms with Crippen LogP contribution in [0.2, 0.25) is 0 Å². The molecule has 1 fully saturated rings. The van der Waals surface area contributed by atoms with Gasteiger partial charge < -0.3 is 50.5 Å². The molecule has 75 heavy (non-hydrogen) atoms. The van der Waals surface area contributed by atoms with Crippen LogP contribution in [-0.4, -0.2) is 110 Å². The fourth-order valence-corrected chi connectivity index (χ4v) is 10.5. The summed E-state index contributed by atoms with van der Waals surface area (Å²) >= 11 is 0. The Hall–Kier alpha value is -1.41. The summed E-state index contributed by atoms with van der Waals surface area (Å²) in [5, 5.41) is 76.3. The predicted molar refractivity (Wildman–Crippen MR) is 312 cm³/mol. The molecule has 0 spiro atoms. The quantitative estimate of drug-likeness (QED) is 0.0215. The number of hydrogen-bond acceptors (Lipinski definition) is 10. The van der Waals surface area contributed by atoms with Crippen molar-refractivity contribution in [3.8, 4) is 0 Å². The van der Waals surface area contributed by atoms with Crippen molar-refractivity contribution >= 4 is 5.91 Å². The van der Waals surface area contributed by atoms with Crippen LogP contribution in [0.5, 0.6) is 0 Å². The molecule has 0 aromatic carbocycles. The summed E-state index contributed by atoms with van der Waals surface area (Å²) in [6.07, 6.45) is 53.8. The Labute approximate surface area is 461 Å². The second-order valence-electron chi connectivity index (χ2n) is 22.8. The lowest BCUT2D eigenvalue weighted by Crippen LogP contribution is -2.60. The van der Waals surface area contributed by atoms with Crippen LogP contribution in [-0.2, 0) is 14.3 Å². The molecular formula is C64H123NO10. The molecule has 1 aliphatic heterocycles. The van der Waals surface area contributed by atoms with Gasteiger partial charge >= 0.3 is 0 Å². The van der Waals surface area contributed by atoms with E-state index in [9.17, 15) is 40.5 Å². The van der Waals surface area contributed by atoms with Crippen molar-refractivity contribution in [2.75, 3.05) is 13.2 Å². The standard InChI is InChI=1S/C64H123NO10/c1-3-5-7-9-11-13-15-17-19-21-23-24-25-26-27-28-29-30-31-32-33-34-36-38-40-42-44-46-48-50-52-57(68)63(73)65-55(54-74-64-62(72)61(71)60(70)58(53-66)75-64)59(69)56(67)51-49-47-45-43-41-39-37-35-22-20-18-16-14-12-10-8-6-4-2/h23-24,26-27,55-62,64,66-72H,3-22,25,28-54H2,1-2H3,(H,65,73)/b24-23-,27-26-. The summed E-state index contributed by atoms with van der Waals surface area (Å²) in [7, 11) is 0. The van der Waals surface area contributed by atoms with E-state index in [4.69, 9.17) is 9.47 Å². The molecule has 1 aliphatic rings. The van der Waals surface area contributed by atoms with Crippen LogP contribution in [0.15, 0.2) is 24.3 Å². The van der Waals surface area contributed by atoms with E-state index in [1.165, 1.54) is 225 Å². The fourth-order valence-electron chi connectivity index (χ4n) is 10.5. The molecular weight excluding hydrogens is 943 g/mol. The number of aliphatic hydroxyl groups is 7. The lowest BCUT2D eigenvalue weighted by Gasteiger charge is -2.40. The van der Waals surface area contributed by atoms with Gasteiger partial charge in [0.1, 0.15) is 36.6 Å². The molecule has 0 radical (unpaired) electrons. The van der Waals surface area contributed by atoms with Gasteiger partial charge in [-0.2, -0.15) is 0 Å². The highest BCUT2D eigenvalue weighted by Crippen LogP contribution is 2.24. The Morgan fingerprint density at radius 1 is 0.467 bits per heavy atom. The number of hydrogen-bond donors (Lipinski definition) is 8. The largest absolute Gasteiger partial charge is 0.394 e. The number of aliphatic hydroxyl groups excluding tert-OH is 7. The van der Waals surface area contributed by atoms with E-state index in [0.717, 1.165) is 44.9 Å². The number of ether oxygens (including phenoxy) is 2. The zero-order chi connectivity index (χ0) is 54.7. The van der Waals surface area contributed by atoms with Gasteiger partial charge in [0.2, 0.25) is 5.91 Å². The van der Waals surface area contributed by atoms with Gasteiger partial charge in [0.25, 0.3) is 0 Å². The van der Waals surface area contributed by atoms with Gasteiger partial charge in [0, 0.05) is 0 Å². The molecule has 9 atom stereocenters. The third-order valence-electron chi connectivity index (χ3n) is 15.8. The molecule has 1 heterocycles. The van der Waals surface area contributed by atoms with Crippen LogP contribution in [0.4, 0.5) is 0 Å². The fraction of sp³-hybridized carbons (Fsp3) is 0.922.